The average molecular weight is 466 g/mol. The summed E-state index contributed by atoms with van der Waals surface area (Å²) in [5, 5.41) is 26.5. The Morgan fingerprint density at radius 2 is 1.39 bits per heavy atom. The first kappa shape index (κ1) is 23.4. The van der Waals surface area contributed by atoms with Crippen molar-refractivity contribution in [3.63, 3.8) is 0 Å². The molecule has 3 rings (SSSR count). The summed E-state index contributed by atoms with van der Waals surface area (Å²) in [4.78, 5) is 46.0. The molecule has 3 aromatic rings. The molecule has 0 fully saturated rings. The van der Waals surface area contributed by atoms with Crippen LogP contribution < -0.4 is 10.6 Å². The lowest BCUT2D eigenvalue weighted by atomic mass is 10.2. The molecule has 0 heterocycles. The van der Waals surface area contributed by atoms with Crippen LogP contribution in [-0.2, 0) is 4.79 Å². The number of nitro groups is 2. The minimum atomic E-state index is -0.568. The Labute approximate surface area is 192 Å². The number of nitro benzene ring substituents is 2. The quantitative estimate of drug-likeness (QED) is 0.273. The highest BCUT2D eigenvalue weighted by Gasteiger charge is 2.16. The number of hydrogen-bond donors (Lipinski definition) is 2. The highest BCUT2D eigenvalue weighted by molar-refractivity contribution is 8.00. The van der Waals surface area contributed by atoms with Crippen molar-refractivity contribution in [1.29, 1.82) is 0 Å². The average Bonchev–Trinajstić information content (AvgIpc) is 2.80. The monoisotopic (exact) mass is 466 g/mol. The van der Waals surface area contributed by atoms with Gasteiger partial charge in [-0.1, -0.05) is 6.07 Å². The van der Waals surface area contributed by atoms with Crippen molar-refractivity contribution in [2.75, 3.05) is 10.6 Å². The molecular formula is C22H18N4O6S. The van der Waals surface area contributed by atoms with Crippen LogP contribution in [0.1, 0.15) is 17.3 Å². The van der Waals surface area contributed by atoms with Crippen molar-refractivity contribution in [2.24, 2.45) is 0 Å². The predicted molar refractivity (Wildman–Crippen MR) is 125 cm³/mol. The van der Waals surface area contributed by atoms with E-state index >= 15 is 0 Å². The van der Waals surface area contributed by atoms with Crippen molar-refractivity contribution in [2.45, 2.75) is 17.1 Å². The molecule has 0 radical (unpaired) electrons. The maximum absolute atomic E-state index is 12.4. The highest BCUT2D eigenvalue weighted by atomic mass is 32.2. The van der Waals surface area contributed by atoms with Gasteiger partial charge in [-0.15, -0.1) is 11.8 Å². The number of anilines is 2. The first-order valence-corrected chi connectivity index (χ1v) is 10.5. The molecule has 0 aliphatic carbocycles. The van der Waals surface area contributed by atoms with Gasteiger partial charge in [0.1, 0.15) is 0 Å². The van der Waals surface area contributed by atoms with Gasteiger partial charge in [-0.3, -0.25) is 29.8 Å². The van der Waals surface area contributed by atoms with Crippen molar-refractivity contribution in [1.82, 2.24) is 0 Å². The summed E-state index contributed by atoms with van der Waals surface area (Å²) < 4.78 is 0. The molecule has 33 heavy (non-hydrogen) atoms. The Bertz CT molecular complexity index is 1200. The SMILES string of the molecule is CC(Sc1ccc(NC(=O)c2cccc([N+](=O)[O-])c2)cc1)C(=O)Nc1ccc([N+](=O)[O-])cc1. The first-order valence-electron chi connectivity index (χ1n) is 9.61. The summed E-state index contributed by atoms with van der Waals surface area (Å²) in [5.74, 6) is -0.744. The topological polar surface area (TPSA) is 144 Å². The molecule has 11 heteroatoms. The molecule has 0 aliphatic heterocycles. The summed E-state index contributed by atoms with van der Waals surface area (Å²) in [7, 11) is 0. The lowest BCUT2D eigenvalue weighted by molar-refractivity contribution is -0.385. The van der Waals surface area contributed by atoms with Crippen molar-refractivity contribution < 1.29 is 19.4 Å². The normalized spacial score (nSPS) is 11.3. The molecule has 1 atom stereocenters. The second kappa shape index (κ2) is 10.4. The van der Waals surface area contributed by atoms with Gasteiger partial charge in [0.2, 0.25) is 5.91 Å². The van der Waals surface area contributed by atoms with E-state index in [9.17, 15) is 29.8 Å². The fourth-order valence-electron chi connectivity index (χ4n) is 2.75. The minimum Gasteiger partial charge on any atom is -0.325 e. The molecule has 0 saturated carbocycles. The van der Waals surface area contributed by atoms with Crippen LogP contribution in [0.2, 0.25) is 0 Å². The molecule has 0 spiro atoms. The zero-order valence-corrected chi connectivity index (χ0v) is 18.1. The molecule has 1 unspecified atom stereocenters. The van der Waals surface area contributed by atoms with Gasteiger partial charge in [-0.05, 0) is 49.4 Å². The molecule has 2 N–H and O–H groups in total. The van der Waals surface area contributed by atoms with Gasteiger partial charge in [0.25, 0.3) is 17.3 Å². The third kappa shape index (κ3) is 6.37. The molecular weight excluding hydrogens is 448 g/mol. The van der Waals surface area contributed by atoms with Crippen LogP contribution in [0.3, 0.4) is 0 Å². The summed E-state index contributed by atoms with van der Waals surface area (Å²) in [6.45, 7) is 1.73. The third-order valence-corrected chi connectivity index (χ3v) is 5.57. The molecule has 10 nitrogen and oxygen atoms in total. The summed E-state index contributed by atoms with van der Waals surface area (Å²) in [6.07, 6.45) is 0. The second-order valence-electron chi connectivity index (χ2n) is 6.84. The number of nitrogens with zero attached hydrogens (tertiary/aromatic N) is 2. The van der Waals surface area contributed by atoms with Crippen LogP contribution in [0.5, 0.6) is 0 Å². The molecule has 0 aromatic heterocycles. The number of non-ortho nitro benzene ring substituents is 2. The van der Waals surface area contributed by atoms with Crippen LogP contribution in [0.4, 0.5) is 22.7 Å². The molecule has 2 amide bonds. The van der Waals surface area contributed by atoms with Crippen LogP contribution in [0, 0.1) is 20.2 Å². The van der Waals surface area contributed by atoms with E-state index < -0.39 is 21.0 Å². The first-order chi connectivity index (χ1) is 15.7. The Morgan fingerprint density at radius 1 is 0.818 bits per heavy atom. The number of rotatable bonds is 8. The Morgan fingerprint density at radius 3 is 2.00 bits per heavy atom. The second-order valence-corrected chi connectivity index (χ2v) is 8.25. The molecule has 168 valence electrons. The number of hydrogen-bond acceptors (Lipinski definition) is 7. The predicted octanol–water partition coefficient (Wildman–Crippen LogP) is 4.87. The standard InChI is InChI=1S/C22H18N4O6S/c1-14(21(27)23-16-5-9-18(10-6-16)25(29)30)33-20-11-7-17(8-12-20)24-22(28)15-3-2-4-19(13-15)26(31)32/h2-14H,1H3,(H,23,27)(H,24,28). The van der Waals surface area contributed by atoms with E-state index in [2.05, 4.69) is 10.6 Å². The Hall–Kier alpha value is -4.25. The van der Waals surface area contributed by atoms with Crippen molar-refractivity contribution >= 4 is 46.3 Å². The van der Waals surface area contributed by atoms with Crippen LogP contribution in [0.25, 0.3) is 0 Å². The molecule has 0 bridgehead atoms. The lowest BCUT2D eigenvalue weighted by Crippen LogP contribution is -2.22. The van der Waals surface area contributed by atoms with Gasteiger partial charge in [-0.2, -0.15) is 0 Å². The van der Waals surface area contributed by atoms with Gasteiger partial charge in [0.15, 0.2) is 0 Å². The van der Waals surface area contributed by atoms with Gasteiger partial charge in [0.05, 0.1) is 15.1 Å². The van der Waals surface area contributed by atoms with Gasteiger partial charge in [-0.25, -0.2) is 0 Å². The molecule has 3 aromatic carbocycles. The largest absolute Gasteiger partial charge is 0.325 e. The summed E-state index contributed by atoms with van der Waals surface area (Å²) in [6, 6.07) is 17.8. The Kier molecular flexibility index (Phi) is 7.36. The number of amides is 2. The molecule has 0 aliphatic rings. The lowest BCUT2D eigenvalue weighted by Gasteiger charge is -2.12. The Balaban J connectivity index is 1.56. The van der Waals surface area contributed by atoms with E-state index in [0.29, 0.717) is 11.4 Å². The fraction of sp³-hybridized carbons (Fsp3) is 0.0909. The van der Waals surface area contributed by atoms with E-state index in [1.807, 2.05) is 0 Å². The maximum atomic E-state index is 12.4. The van der Waals surface area contributed by atoms with Crippen molar-refractivity contribution in [3.8, 4) is 0 Å². The summed E-state index contributed by atoms with van der Waals surface area (Å²) in [5.41, 5.74) is 0.888. The summed E-state index contributed by atoms with van der Waals surface area (Å²) >= 11 is 1.30. The minimum absolute atomic E-state index is 0.0620. The van der Waals surface area contributed by atoms with Gasteiger partial charge < -0.3 is 10.6 Å². The molecule has 0 saturated heterocycles. The van der Waals surface area contributed by atoms with Crippen LogP contribution in [0.15, 0.2) is 77.7 Å². The van der Waals surface area contributed by atoms with E-state index in [-0.39, 0.29) is 22.8 Å². The van der Waals surface area contributed by atoms with E-state index in [4.69, 9.17) is 0 Å². The number of thioether (sulfide) groups is 1. The number of carbonyl (C=O) groups is 2. The van der Waals surface area contributed by atoms with E-state index in [0.717, 1.165) is 4.90 Å². The van der Waals surface area contributed by atoms with Gasteiger partial charge in [0, 0.05) is 46.1 Å². The van der Waals surface area contributed by atoms with Crippen LogP contribution in [-0.4, -0.2) is 26.9 Å². The number of benzene rings is 3. The fourth-order valence-corrected chi connectivity index (χ4v) is 3.62. The third-order valence-electron chi connectivity index (χ3n) is 4.46. The number of carbonyl (C=O) groups excluding carboxylic acids is 2. The smallest absolute Gasteiger partial charge is 0.270 e. The van der Waals surface area contributed by atoms with Crippen molar-refractivity contribution in [3.05, 3.63) is 98.6 Å². The number of nitrogens with one attached hydrogen (secondary N) is 2. The highest BCUT2D eigenvalue weighted by Crippen LogP contribution is 2.26. The van der Waals surface area contributed by atoms with E-state index in [1.54, 1.807) is 31.2 Å². The maximum Gasteiger partial charge on any atom is 0.270 e. The van der Waals surface area contributed by atoms with Crippen LogP contribution >= 0.6 is 11.8 Å². The zero-order valence-electron chi connectivity index (χ0n) is 17.3. The van der Waals surface area contributed by atoms with E-state index in [1.165, 1.54) is 60.3 Å². The van der Waals surface area contributed by atoms with Gasteiger partial charge >= 0.3 is 0 Å². The zero-order chi connectivity index (χ0) is 24.0.